The van der Waals surface area contributed by atoms with Gasteiger partial charge in [0.25, 0.3) is 5.56 Å². The molecule has 1 aromatic heterocycles. The molecule has 0 atom stereocenters. The fraction of sp³-hybridized carbons (Fsp3) is 0.0833. The number of amides is 1. The third-order valence-corrected chi connectivity index (χ3v) is 2.95. The second-order valence-electron chi connectivity index (χ2n) is 3.90. The van der Waals surface area contributed by atoms with Crippen molar-refractivity contribution in [2.24, 2.45) is 5.73 Å². The molecule has 6 nitrogen and oxygen atoms in total. The molecular weight excluding hydrogens is 268 g/mol. The lowest BCUT2D eigenvalue weighted by molar-refractivity contribution is 0.0999. The minimum atomic E-state index is -0.557. The van der Waals surface area contributed by atoms with Gasteiger partial charge in [-0.05, 0) is 11.6 Å². The van der Waals surface area contributed by atoms with E-state index in [0.29, 0.717) is 11.1 Å². The van der Waals surface area contributed by atoms with E-state index in [2.05, 4.69) is 4.98 Å². The Hall–Kier alpha value is -2.34. The molecule has 1 heterocycles. The minimum absolute atomic E-state index is 0.0376. The molecule has 7 heteroatoms. The molecular formula is C12H11ClN4O2. The molecule has 2 rings (SSSR count). The van der Waals surface area contributed by atoms with Gasteiger partial charge in [0.05, 0.1) is 12.9 Å². The molecule has 0 bridgehead atoms. The van der Waals surface area contributed by atoms with Gasteiger partial charge in [0.2, 0.25) is 5.91 Å². The SMILES string of the molecule is NC(=O)c1ccccc1Cn1cnc(Cl)c(N)c1=O. The highest BCUT2D eigenvalue weighted by atomic mass is 35.5. The van der Waals surface area contributed by atoms with Gasteiger partial charge in [0.1, 0.15) is 5.69 Å². The summed E-state index contributed by atoms with van der Waals surface area (Å²) in [6.07, 6.45) is 1.28. The van der Waals surface area contributed by atoms with E-state index in [1.54, 1.807) is 24.3 Å². The number of primary amides is 1. The highest BCUT2D eigenvalue weighted by Crippen LogP contribution is 2.12. The molecule has 98 valence electrons. The van der Waals surface area contributed by atoms with Crippen molar-refractivity contribution in [1.82, 2.24) is 9.55 Å². The van der Waals surface area contributed by atoms with E-state index in [1.165, 1.54) is 10.9 Å². The minimum Gasteiger partial charge on any atom is -0.392 e. The van der Waals surface area contributed by atoms with E-state index in [9.17, 15) is 9.59 Å². The largest absolute Gasteiger partial charge is 0.392 e. The number of halogens is 1. The average Bonchev–Trinajstić information content (AvgIpc) is 2.40. The number of benzene rings is 1. The Balaban J connectivity index is 2.46. The third kappa shape index (κ3) is 2.58. The second-order valence-corrected chi connectivity index (χ2v) is 4.26. The van der Waals surface area contributed by atoms with Crippen LogP contribution in [0.2, 0.25) is 5.15 Å². The van der Waals surface area contributed by atoms with Crippen molar-refractivity contribution in [3.8, 4) is 0 Å². The zero-order chi connectivity index (χ0) is 14.0. The number of nitrogens with zero attached hydrogens (tertiary/aromatic N) is 2. The summed E-state index contributed by atoms with van der Waals surface area (Å²) in [6.45, 7) is 0.145. The highest BCUT2D eigenvalue weighted by Gasteiger charge is 2.11. The van der Waals surface area contributed by atoms with Crippen LogP contribution in [0.25, 0.3) is 0 Å². The van der Waals surface area contributed by atoms with Crippen LogP contribution in [0.15, 0.2) is 35.4 Å². The first-order valence-corrected chi connectivity index (χ1v) is 5.76. The first kappa shape index (κ1) is 13.1. The van der Waals surface area contributed by atoms with E-state index in [4.69, 9.17) is 23.1 Å². The number of aromatic nitrogens is 2. The van der Waals surface area contributed by atoms with Crippen LogP contribution in [-0.2, 0) is 6.54 Å². The van der Waals surface area contributed by atoms with Gasteiger partial charge in [-0.25, -0.2) is 4.98 Å². The predicted octanol–water partition coefficient (Wildman–Crippen LogP) is 0.626. The van der Waals surface area contributed by atoms with E-state index in [-0.39, 0.29) is 17.4 Å². The van der Waals surface area contributed by atoms with Crippen LogP contribution < -0.4 is 17.0 Å². The Bertz CT molecular complexity index is 696. The van der Waals surface area contributed by atoms with Crippen molar-refractivity contribution in [2.45, 2.75) is 6.54 Å². The monoisotopic (exact) mass is 278 g/mol. The van der Waals surface area contributed by atoms with Crippen molar-refractivity contribution in [3.05, 3.63) is 57.2 Å². The molecule has 0 saturated carbocycles. The van der Waals surface area contributed by atoms with E-state index >= 15 is 0 Å². The maximum Gasteiger partial charge on any atom is 0.278 e. The van der Waals surface area contributed by atoms with Gasteiger partial charge in [-0.1, -0.05) is 29.8 Å². The fourth-order valence-electron chi connectivity index (χ4n) is 1.68. The molecule has 1 amide bonds. The fourth-order valence-corrected chi connectivity index (χ4v) is 1.80. The number of nitrogens with two attached hydrogens (primary N) is 2. The first-order chi connectivity index (χ1) is 9.00. The zero-order valence-corrected chi connectivity index (χ0v) is 10.6. The summed E-state index contributed by atoms with van der Waals surface area (Å²) in [6, 6.07) is 6.74. The summed E-state index contributed by atoms with van der Waals surface area (Å²) in [5.41, 5.74) is 11.2. The van der Waals surface area contributed by atoms with Crippen molar-refractivity contribution >= 4 is 23.2 Å². The van der Waals surface area contributed by atoms with Crippen molar-refractivity contribution in [2.75, 3.05) is 5.73 Å². The molecule has 1 aromatic carbocycles. The van der Waals surface area contributed by atoms with Crippen molar-refractivity contribution in [3.63, 3.8) is 0 Å². The van der Waals surface area contributed by atoms with Gasteiger partial charge in [-0.3, -0.25) is 14.2 Å². The molecule has 0 unspecified atom stereocenters. The number of carbonyl (C=O) groups excluding carboxylic acids is 1. The summed E-state index contributed by atoms with van der Waals surface area (Å²) in [5, 5.41) is -0.0376. The van der Waals surface area contributed by atoms with Gasteiger partial charge < -0.3 is 11.5 Å². The topological polar surface area (TPSA) is 104 Å². The van der Waals surface area contributed by atoms with Crippen LogP contribution in [-0.4, -0.2) is 15.5 Å². The molecule has 0 radical (unpaired) electrons. The molecule has 0 fully saturated rings. The summed E-state index contributed by atoms with van der Waals surface area (Å²) < 4.78 is 1.27. The lowest BCUT2D eigenvalue weighted by atomic mass is 10.1. The quantitative estimate of drug-likeness (QED) is 0.803. The Morgan fingerprint density at radius 3 is 2.74 bits per heavy atom. The molecule has 0 aliphatic rings. The van der Waals surface area contributed by atoms with Gasteiger partial charge in [-0.2, -0.15) is 0 Å². The van der Waals surface area contributed by atoms with E-state index in [0.717, 1.165) is 0 Å². The Kier molecular flexibility index (Phi) is 3.52. The molecule has 0 aliphatic carbocycles. The van der Waals surface area contributed by atoms with Gasteiger partial charge in [0.15, 0.2) is 5.15 Å². The Morgan fingerprint density at radius 2 is 2.05 bits per heavy atom. The van der Waals surface area contributed by atoms with Gasteiger partial charge in [-0.15, -0.1) is 0 Å². The van der Waals surface area contributed by atoms with Gasteiger partial charge in [0, 0.05) is 5.56 Å². The number of carbonyl (C=O) groups is 1. The number of rotatable bonds is 3. The van der Waals surface area contributed by atoms with Gasteiger partial charge >= 0.3 is 0 Å². The van der Waals surface area contributed by atoms with Crippen LogP contribution in [0.4, 0.5) is 5.69 Å². The second kappa shape index (κ2) is 5.11. The molecule has 4 N–H and O–H groups in total. The molecule has 0 spiro atoms. The zero-order valence-electron chi connectivity index (χ0n) is 9.84. The van der Waals surface area contributed by atoms with Crippen LogP contribution >= 0.6 is 11.6 Å². The maximum atomic E-state index is 11.9. The standard InChI is InChI=1S/C12H11ClN4O2/c13-10-9(14)12(19)17(6-16-10)5-7-3-1-2-4-8(7)11(15)18/h1-4,6H,5,14H2,(H2,15,18). The smallest absolute Gasteiger partial charge is 0.278 e. The predicted molar refractivity (Wildman–Crippen MR) is 72.0 cm³/mol. The van der Waals surface area contributed by atoms with Crippen LogP contribution in [0.5, 0.6) is 0 Å². The molecule has 2 aromatic rings. The summed E-state index contributed by atoms with van der Waals surface area (Å²) in [7, 11) is 0. The third-order valence-electron chi connectivity index (χ3n) is 2.65. The highest BCUT2D eigenvalue weighted by molar-refractivity contribution is 6.31. The summed E-state index contributed by atoms with van der Waals surface area (Å²) in [4.78, 5) is 27.0. The number of hydrogen-bond donors (Lipinski definition) is 2. The van der Waals surface area contributed by atoms with Crippen molar-refractivity contribution < 1.29 is 4.79 Å². The van der Waals surface area contributed by atoms with Crippen LogP contribution in [0.3, 0.4) is 0 Å². The number of hydrogen-bond acceptors (Lipinski definition) is 4. The van der Waals surface area contributed by atoms with Crippen LogP contribution in [0.1, 0.15) is 15.9 Å². The number of nitrogen functional groups attached to an aromatic ring is 1. The summed E-state index contributed by atoms with van der Waals surface area (Å²) in [5.74, 6) is -0.557. The first-order valence-electron chi connectivity index (χ1n) is 5.39. The lowest BCUT2D eigenvalue weighted by Gasteiger charge is -2.09. The van der Waals surface area contributed by atoms with Crippen molar-refractivity contribution in [1.29, 1.82) is 0 Å². The van der Waals surface area contributed by atoms with E-state index < -0.39 is 11.5 Å². The average molecular weight is 279 g/mol. The number of anilines is 1. The Labute approximate surface area is 113 Å². The normalized spacial score (nSPS) is 10.4. The Morgan fingerprint density at radius 1 is 1.37 bits per heavy atom. The molecule has 0 aliphatic heterocycles. The maximum absolute atomic E-state index is 11.9. The lowest BCUT2D eigenvalue weighted by Crippen LogP contribution is -2.25. The van der Waals surface area contributed by atoms with Crippen LogP contribution in [0, 0.1) is 0 Å². The molecule has 0 saturated heterocycles. The summed E-state index contributed by atoms with van der Waals surface area (Å²) >= 11 is 5.65. The molecule has 19 heavy (non-hydrogen) atoms. The van der Waals surface area contributed by atoms with E-state index in [1.807, 2.05) is 0 Å².